The highest BCUT2D eigenvalue weighted by molar-refractivity contribution is 6.90. The van der Waals surface area contributed by atoms with Gasteiger partial charge in [-0.15, -0.1) is 0 Å². The summed E-state index contributed by atoms with van der Waals surface area (Å²) in [6, 6.07) is 44.7. The molecule has 0 saturated carbocycles. The maximum atomic E-state index is 2.49. The molecule has 8 heteroatoms. The molecule has 4 nitrogen and oxygen atoms in total. The van der Waals surface area contributed by atoms with Crippen LogP contribution in [0.25, 0.3) is 45.0 Å². The Morgan fingerprint density at radius 3 is 0.956 bits per heavy atom. The summed E-state index contributed by atoms with van der Waals surface area (Å²) < 4.78 is 9.26. The van der Waals surface area contributed by atoms with Gasteiger partial charge in [0.2, 0.25) is 22.8 Å². The minimum atomic E-state index is -1.41. The van der Waals surface area contributed by atoms with Crippen LogP contribution in [0.1, 0.15) is 145 Å². The number of aromatic nitrogens is 4. The van der Waals surface area contributed by atoms with Crippen molar-refractivity contribution in [2.45, 2.75) is 218 Å². The van der Waals surface area contributed by atoms with Crippen molar-refractivity contribution in [1.29, 1.82) is 0 Å². The highest BCUT2D eigenvalue weighted by Crippen LogP contribution is 2.30. The van der Waals surface area contributed by atoms with Gasteiger partial charge in [-0.3, -0.25) is 0 Å². The fraction of sp³-hybridized carbons (Fsp3) is 0.463. The molecule has 0 fully saturated rings. The maximum absolute atomic E-state index is 2.49. The van der Waals surface area contributed by atoms with E-state index in [0.29, 0.717) is 17.3 Å². The van der Waals surface area contributed by atoms with Crippen molar-refractivity contribution in [3.8, 4) is 45.0 Å². The van der Waals surface area contributed by atoms with Gasteiger partial charge in [0, 0.05) is 68.8 Å². The molecule has 0 aliphatic heterocycles. The second-order valence-electron chi connectivity index (χ2n) is 32.7. The minimum Gasteiger partial charge on any atom is -0.201 e. The molecule has 0 aliphatic carbocycles. The van der Waals surface area contributed by atoms with E-state index in [-0.39, 0.29) is 5.41 Å². The quantitative estimate of drug-likeness (QED) is 0.0762. The Bertz CT molecular complexity index is 3710. The molecule has 1 unspecified atom stereocenters. The normalized spacial score (nSPS) is 12.6. The molecular weight excluding hydrogens is 1150 g/mol. The Balaban J connectivity index is 0.000000218. The molecule has 0 N–H and O–H groups in total. The molecule has 0 bridgehead atoms. The topological polar surface area (TPSA) is 15.5 Å². The van der Waals surface area contributed by atoms with Crippen LogP contribution in [0.5, 0.6) is 0 Å². The lowest BCUT2D eigenvalue weighted by atomic mass is 9.87. The third kappa shape index (κ3) is 19.5. The van der Waals surface area contributed by atoms with Crippen molar-refractivity contribution in [1.82, 2.24) is 0 Å². The van der Waals surface area contributed by atoms with Crippen LogP contribution in [-0.4, -0.2) is 32.3 Å². The van der Waals surface area contributed by atoms with Gasteiger partial charge >= 0.3 is 0 Å². The number of nitrogens with zero attached hydrogens (tertiary/aromatic N) is 4. The summed E-state index contributed by atoms with van der Waals surface area (Å²) in [6.45, 7) is 61.5. The molecule has 0 saturated heterocycles. The lowest BCUT2D eigenvalue weighted by Crippen LogP contribution is -2.47. The van der Waals surface area contributed by atoms with Crippen LogP contribution in [-0.2, 0) is 40.0 Å². The van der Waals surface area contributed by atoms with E-state index in [1.54, 1.807) is 31.9 Å². The minimum absolute atomic E-state index is 0.178. The van der Waals surface area contributed by atoms with E-state index in [1.165, 1.54) is 97.7 Å². The third-order valence-electron chi connectivity index (χ3n) is 18.3. The molecule has 0 spiro atoms. The molecule has 4 aromatic heterocycles. The summed E-state index contributed by atoms with van der Waals surface area (Å²) in [5, 5.41) is 6.42. The molecule has 484 valence electrons. The summed E-state index contributed by atoms with van der Waals surface area (Å²) in [4.78, 5) is 0. The van der Waals surface area contributed by atoms with Crippen LogP contribution in [0.15, 0.2) is 146 Å². The van der Waals surface area contributed by atoms with Crippen LogP contribution < -0.4 is 39.0 Å². The average molecular weight is 1280 g/mol. The Morgan fingerprint density at radius 1 is 0.367 bits per heavy atom. The van der Waals surface area contributed by atoms with Gasteiger partial charge in [-0.05, 0) is 143 Å². The third-order valence-corrected chi connectivity index (χ3v) is 26.5. The Hall–Kier alpha value is -5.65. The van der Waals surface area contributed by atoms with Gasteiger partial charge in [-0.1, -0.05) is 221 Å². The Kier molecular flexibility index (Phi) is 25.4. The fourth-order valence-corrected chi connectivity index (χ4v) is 19.8. The zero-order chi connectivity index (χ0) is 67.8. The van der Waals surface area contributed by atoms with Gasteiger partial charge in [0.1, 0.15) is 28.2 Å². The molecule has 8 aromatic rings. The number of hydrogen-bond donors (Lipinski definition) is 0. The summed E-state index contributed by atoms with van der Waals surface area (Å²) in [5.41, 5.74) is 22.7. The largest absolute Gasteiger partial charge is 0.212 e. The fourth-order valence-electron chi connectivity index (χ4n) is 12.8. The monoisotopic (exact) mass is 1280 g/mol. The van der Waals surface area contributed by atoms with Crippen molar-refractivity contribution in [3.05, 3.63) is 191 Å². The van der Waals surface area contributed by atoms with Crippen LogP contribution >= 0.6 is 0 Å². The molecule has 0 amide bonds. The first-order valence-electron chi connectivity index (χ1n) is 33.9. The summed E-state index contributed by atoms with van der Waals surface area (Å²) in [7, 11) is 3.17. The predicted molar refractivity (Wildman–Crippen MR) is 407 cm³/mol. The number of benzene rings is 4. The van der Waals surface area contributed by atoms with Crippen LogP contribution in [0.3, 0.4) is 0 Å². The number of pyridine rings is 4. The van der Waals surface area contributed by atoms with Gasteiger partial charge in [0.05, 0.1) is 32.3 Å². The molecular formula is C82H124N4Si4+4. The van der Waals surface area contributed by atoms with E-state index in [0.717, 1.165) is 6.42 Å². The SMILES string of the molecule is CCC(C)c1c[n+](C)c(-c2ccccc2C)cc1[Si](C)(C)C.CCC(CC)c1c[n+](C)c(-c2ccccc2C)cc1[Si](C)(C)C.Cc1ccccc1-c1cc([Si](C)(C)C)c(C(C)(C)C)c[n+]1C.Cc1ccccc1-c1cc([Si](C)(C)C)c(CC(C)(C)C)c[n+]1C. The Morgan fingerprint density at radius 2 is 0.656 bits per heavy atom. The first kappa shape index (κ1) is 75.1. The van der Waals surface area contributed by atoms with Gasteiger partial charge in [-0.25, -0.2) is 18.3 Å². The van der Waals surface area contributed by atoms with Crippen molar-refractivity contribution in [2.24, 2.45) is 33.6 Å². The summed E-state index contributed by atoms with van der Waals surface area (Å²) in [6.07, 6.45) is 14.3. The summed E-state index contributed by atoms with van der Waals surface area (Å²) >= 11 is 0. The standard InChI is InChI=1S/2C21H32NSi.2C20H30NSi/c1-16-11-9-10-12-18(16)19-13-20(23(6,7)8)17(15-22(19)5)14-21(2,3)4;1-8-17(9-2)19-15-22(4)20(14-21(19)23(5,6)7)18-13-11-10-12-16(18)3;1-15-11-9-10-12-16(15)18-13-19(22(6,7)8)17(14-21(18)5)20(2,3)4;1-8-15(2)18-14-21(4)19(13-20(18)22(5,6)7)17-12-10-9-11-16(17)3/h9-13,15H,14H2,1-8H3;10-15,17H,8-9H2,1-7H3;9-14H,1-8H3;9-15H,8H2,1-7H3/q4*+1. The molecule has 1 atom stereocenters. The first-order valence-corrected chi connectivity index (χ1v) is 47.9. The highest BCUT2D eigenvalue weighted by Gasteiger charge is 2.34. The lowest BCUT2D eigenvalue weighted by Gasteiger charge is -2.28. The van der Waals surface area contributed by atoms with E-state index >= 15 is 0 Å². The van der Waals surface area contributed by atoms with E-state index < -0.39 is 32.3 Å². The van der Waals surface area contributed by atoms with E-state index in [2.05, 4.69) is 368 Å². The van der Waals surface area contributed by atoms with Crippen molar-refractivity contribution in [2.75, 3.05) is 0 Å². The van der Waals surface area contributed by atoms with Crippen LogP contribution in [0.2, 0.25) is 78.6 Å². The predicted octanol–water partition coefficient (Wildman–Crippen LogP) is 18.4. The lowest BCUT2D eigenvalue weighted by molar-refractivity contribution is -0.661. The zero-order valence-electron chi connectivity index (χ0n) is 62.6. The Labute approximate surface area is 555 Å². The second-order valence-corrected chi connectivity index (χ2v) is 52.8. The van der Waals surface area contributed by atoms with Crippen molar-refractivity contribution < 1.29 is 18.3 Å². The van der Waals surface area contributed by atoms with Crippen LogP contribution in [0, 0.1) is 33.1 Å². The smallest absolute Gasteiger partial charge is 0.201 e. The highest BCUT2D eigenvalue weighted by atomic mass is 28.3. The first-order chi connectivity index (χ1) is 41.5. The average Bonchev–Trinajstić information content (AvgIpc) is 1.02. The van der Waals surface area contributed by atoms with Crippen LogP contribution in [0.4, 0.5) is 0 Å². The van der Waals surface area contributed by atoms with Crippen molar-refractivity contribution >= 4 is 53.0 Å². The number of hydrogen-bond acceptors (Lipinski definition) is 0. The van der Waals surface area contributed by atoms with E-state index in [9.17, 15) is 0 Å². The molecule has 0 radical (unpaired) electrons. The molecule has 4 heterocycles. The molecule has 4 aromatic carbocycles. The molecule has 8 rings (SSSR count). The maximum Gasteiger partial charge on any atom is 0.212 e. The van der Waals surface area contributed by atoms with E-state index in [4.69, 9.17) is 0 Å². The zero-order valence-corrected chi connectivity index (χ0v) is 66.6. The molecule has 90 heavy (non-hydrogen) atoms. The second kappa shape index (κ2) is 30.4. The van der Waals surface area contributed by atoms with Crippen molar-refractivity contribution in [3.63, 3.8) is 0 Å². The number of aryl methyl sites for hydroxylation is 8. The van der Waals surface area contributed by atoms with E-state index in [1.807, 2.05) is 0 Å². The van der Waals surface area contributed by atoms with Gasteiger partial charge in [-0.2, -0.15) is 0 Å². The molecule has 0 aliphatic rings. The van der Waals surface area contributed by atoms with Gasteiger partial charge in [0.15, 0.2) is 24.8 Å². The van der Waals surface area contributed by atoms with Gasteiger partial charge in [0.25, 0.3) is 0 Å². The number of rotatable bonds is 14. The summed E-state index contributed by atoms with van der Waals surface area (Å²) in [5.74, 6) is 1.30. The van der Waals surface area contributed by atoms with Gasteiger partial charge < -0.3 is 0 Å².